The number of ether oxygens (including phenoxy) is 4. The van der Waals surface area contributed by atoms with Gasteiger partial charge in [-0.15, -0.1) is 11.3 Å². The van der Waals surface area contributed by atoms with Crippen LogP contribution in [-0.4, -0.2) is 36.5 Å². The van der Waals surface area contributed by atoms with Crippen molar-refractivity contribution in [3.8, 4) is 17.2 Å². The molecule has 0 bridgehead atoms. The van der Waals surface area contributed by atoms with Gasteiger partial charge in [0, 0.05) is 0 Å². The molecule has 0 radical (unpaired) electrons. The Kier molecular flexibility index (Phi) is 6.46. The molecule has 1 aliphatic rings. The second-order valence-electron chi connectivity index (χ2n) is 7.17. The molecule has 0 saturated heterocycles. The van der Waals surface area contributed by atoms with Crippen LogP contribution in [0.2, 0.25) is 0 Å². The second-order valence-corrected chi connectivity index (χ2v) is 8.09. The van der Waals surface area contributed by atoms with Crippen LogP contribution in [0.15, 0.2) is 40.5 Å². The number of unbranched alkanes of at least 4 members (excludes halogenated alkanes) is 1. The van der Waals surface area contributed by atoms with Gasteiger partial charge >= 0.3 is 5.97 Å². The van der Waals surface area contributed by atoms with Gasteiger partial charge in [-0.2, -0.15) is 0 Å². The van der Waals surface area contributed by atoms with Crippen molar-refractivity contribution in [1.82, 2.24) is 4.57 Å². The maximum atomic E-state index is 13.5. The number of fused-ring (bicyclic) bond motifs is 2. The molecule has 0 aliphatic carbocycles. The van der Waals surface area contributed by atoms with Crippen LogP contribution in [0.3, 0.4) is 0 Å². The lowest BCUT2D eigenvalue weighted by molar-refractivity contribution is 0.0523. The first-order valence-electron chi connectivity index (χ1n) is 10.5. The average molecular weight is 444 g/mol. The molecular weight excluding hydrogens is 418 g/mol. The summed E-state index contributed by atoms with van der Waals surface area (Å²) < 4.78 is 25.2. The van der Waals surface area contributed by atoms with Gasteiger partial charge in [-0.05, 0) is 36.9 Å². The van der Waals surface area contributed by atoms with Crippen molar-refractivity contribution in [1.29, 1.82) is 0 Å². The van der Waals surface area contributed by atoms with E-state index in [2.05, 4.69) is 0 Å². The maximum absolute atomic E-state index is 13.5. The Bertz CT molecular complexity index is 1130. The predicted octanol–water partition coefficient (Wildman–Crippen LogP) is 4.26. The molecule has 3 aromatic rings. The van der Waals surface area contributed by atoms with Crippen molar-refractivity contribution >= 4 is 27.5 Å². The highest BCUT2D eigenvalue weighted by Crippen LogP contribution is 2.33. The van der Waals surface area contributed by atoms with Gasteiger partial charge in [-0.3, -0.25) is 4.79 Å². The third-order valence-electron chi connectivity index (χ3n) is 5.01. The van der Waals surface area contributed by atoms with Crippen LogP contribution in [-0.2, 0) is 11.3 Å². The molecule has 1 aliphatic heterocycles. The Labute approximate surface area is 184 Å². The lowest BCUT2D eigenvalue weighted by Crippen LogP contribution is -2.37. The minimum Gasteiger partial charge on any atom is -0.487 e. The fourth-order valence-corrected chi connectivity index (χ4v) is 4.45. The first-order chi connectivity index (χ1) is 15.1. The summed E-state index contributed by atoms with van der Waals surface area (Å²) in [5, 5.41) is 1.85. The van der Waals surface area contributed by atoms with Crippen LogP contribution in [0.25, 0.3) is 10.2 Å². The van der Waals surface area contributed by atoms with E-state index in [-0.39, 0.29) is 36.1 Å². The Balaban J connectivity index is 1.74. The molecule has 0 amide bonds. The second kappa shape index (κ2) is 9.43. The van der Waals surface area contributed by atoms with Gasteiger partial charge in [0.15, 0.2) is 17.6 Å². The molecule has 31 heavy (non-hydrogen) atoms. The number of pyridine rings is 1. The summed E-state index contributed by atoms with van der Waals surface area (Å²) in [4.78, 5) is 26.2. The molecule has 0 saturated carbocycles. The Hall–Kier alpha value is -3.00. The van der Waals surface area contributed by atoms with Crippen molar-refractivity contribution in [2.75, 3.05) is 19.8 Å². The van der Waals surface area contributed by atoms with Crippen LogP contribution in [0, 0.1) is 0 Å². The van der Waals surface area contributed by atoms with Crippen molar-refractivity contribution in [3.63, 3.8) is 0 Å². The first kappa shape index (κ1) is 21.2. The number of thiophene rings is 1. The number of hydrogen-bond donors (Lipinski definition) is 0. The molecule has 3 heterocycles. The van der Waals surface area contributed by atoms with Crippen molar-refractivity contribution in [3.05, 3.63) is 51.6 Å². The third-order valence-corrected chi connectivity index (χ3v) is 5.93. The maximum Gasteiger partial charge on any atom is 0.343 e. The van der Waals surface area contributed by atoms with Crippen LogP contribution in [0.1, 0.15) is 37.0 Å². The molecule has 1 unspecified atom stereocenters. The lowest BCUT2D eigenvalue weighted by Gasteiger charge is -2.27. The molecule has 4 rings (SSSR count). The molecule has 164 valence electrons. The monoisotopic (exact) mass is 443 g/mol. The SMILES string of the molecule is CCCCOc1c(C(=O)OCC)c2sccc2n(CC2COc3ccccc3O2)c1=O. The van der Waals surface area contributed by atoms with Gasteiger partial charge in [-0.25, -0.2) is 4.79 Å². The zero-order valence-corrected chi connectivity index (χ0v) is 18.4. The molecule has 8 heteroatoms. The number of hydrogen-bond acceptors (Lipinski definition) is 7. The normalized spacial score (nSPS) is 15.1. The van der Waals surface area contributed by atoms with E-state index in [4.69, 9.17) is 18.9 Å². The van der Waals surface area contributed by atoms with E-state index in [1.807, 2.05) is 42.6 Å². The summed E-state index contributed by atoms with van der Waals surface area (Å²) in [6.07, 6.45) is 1.34. The number of esters is 1. The Morgan fingerprint density at radius 3 is 2.81 bits per heavy atom. The number of aromatic nitrogens is 1. The number of carbonyl (C=O) groups is 1. The van der Waals surface area contributed by atoms with Crippen LogP contribution < -0.4 is 19.8 Å². The van der Waals surface area contributed by atoms with E-state index in [1.54, 1.807) is 11.5 Å². The average Bonchev–Trinajstić information content (AvgIpc) is 3.25. The number of carbonyl (C=O) groups excluding carboxylic acids is 1. The summed E-state index contributed by atoms with van der Waals surface area (Å²) in [5.74, 6) is 0.833. The van der Waals surface area contributed by atoms with Crippen molar-refractivity contribution in [2.24, 2.45) is 0 Å². The Morgan fingerprint density at radius 2 is 2.03 bits per heavy atom. The molecule has 0 fully saturated rings. The molecular formula is C23H25NO6S. The molecule has 0 N–H and O–H groups in total. The quantitative estimate of drug-likeness (QED) is 0.383. The van der Waals surface area contributed by atoms with Crippen LogP contribution >= 0.6 is 11.3 Å². The van der Waals surface area contributed by atoms with E-state index in [0.29, 0.717) is 34.9 Å². The number of nitrogens with zero attached hydrogens (tertiary/aromatic N) is 1. The molecule has 7 nitrogen and oxygen atoms in total. The van der Waals surface area contributed by atoms with E-state index < -0.39 is 5.97 Å². The zero-order valence-electron chi connectivity index (χ0n) is 17.6. The molecule has 2 aromatic heterocycles. The number of benzene rings is 1. The highest BCUT2D eigenvalue weighted by atomic mass is 32.1. The molecule has 1 aromatic carbocycles. The predicted molar refractivity (Wildman–Crippen MR) is 119 cm³/mol. The topological polar surface area (TPSA) is 76.0 Å². The van der Waals surface area contributed by atoms with Gasteiger partial charge in [0.1, 0.15) is 12.2 Å². The van der Waals surface area contributed by atoms with E-state index in [9.17, 15) is 9.59 Å². The zero-order chi connectivity index (χ0) is 21.8. The summed E-state index contributed by atoms with van der Waals surface area (Å²) in [6.45, 7) is 4.94. The number of rotatable bonds is 8. The fourth-order valence-electron chi connectivity index (χ4n) is 3.52. The molecule has 1 atom stereocenters. The Morgan fingerprint density at radius 1 is 1.23 bits per heavy atom. The van der Waals surface area contributed by atoms with Gasteiger partial charge in [0.05, 0.1) is 30.0 Å². The van der Waals surface area contributed by atoms with Gasteiger partial charge in [-0.1, -0.05) is 25.5 Å². The summed E-state index contributed by atoms with van der Waals surface area (Å²) in [7, 11) is 0. The summed E-state index contributed by atoms with van der Waals surface area (Å²) in [6, 6.07) is 9.28. The van der Waals surface area contributed by atoms with Crippen LogP contribution in [0.5, 0.6) is 17.2 Å². The largest absolute Gasteiger partial charge is 0.487 e. The van der Waals surface area contributed by atoms with E-state index >= 15 is 0 Å². The van der Waals surface area contributed by atoms with Gasteiger partial charge < -0.3 is 23.5 Å². The lowest BCUT2D eigenvalue weighted by atomic mass is 10.2. The van der Waals surface area contributed by atoms with Crippen LogP contribution in [0.4, 0.5) is 0 Å². The standard InChI is InChI=1S/C23H25NO6S/c1-3-5-11-28-20-19(23(26)27-4-2)21-16(10-12-31-21)24(22(20)25)13-15-14-29-17-8-6-7-9-18(17)30-15/h6-10,12,15H,3-5,11,13-14H2,1-2H3. The van der Waals surface area contributed by atoms with E-state index in [1.165, 1.54) is 11.3 Å². The highest BCUT2D eigenvalue weighted by molar-refractivity contribution is 7.17. The summed E-state index contributed by atoms with van der Waals surface area (Å²) >= 11 is 1.38. The van der Waals surface area contributed by atoms with Crippen molar-refractivity contribution in [2.45, 2.75) is 39.3 Å². The van der Waals surface area contributed by atoms with Crippen molar-refractivity contribution < 1.29 is 23.7 Å². The smallest absolute Gasteiger partial charge is 0.343 e. The number of para-hydroxylation sites is 2. The fraction of sp³-hybridized carbons (Fsp3) is 0.391. The minimum absolute atomic E-state index is 0.0407. The van der Waals surface area contributed by atoms with Gasteiger partial charge in [0.2, 0.25) is 5.75 Å². The minimum atomic E-state index is -0.545. The summed E-state index contributed by atoms with van der Waals surface area (Å²) in [5.41, 5.74) is 0.492. The van der Waals surface area contributed by atoms with Gasteiger partial charge in [0.25, 0.3) is 5.56 Å². The molecule has 0 spiro atoms. The first-order valence-corrected chi connectivity index (χ1v) is 11.3. The van der Waals surface area contributed by atoms with E-state index in [0.717, 1.165) is 12.8 Å². The highest BCUT2D eigenvalue weighted by Gasteiger charge is 2.28. The third kappa shape index (κ3) is 4.25.